The summed E-state index contributed by atoms with van der Waals surface area (Å²) in [5, 5.41) is 10.6. The summed E-state index contributed by atoms with van der Waals surface area (Å²) in [5.74, 6) is -0.592. The third-order valence-electron chi connectivity index (χ3n) is 2.03. The molecular formula is C9H12BrNO4S3. The Bertz CT molecular complexity index is 514. The molecule has 1 aromatic heterocycles. The lowest BCUT2D eigenvalue weighted by atomic mass is 10.2. The number of carbonyl (C=O) groups is 1. The molecule has 0 saturated heterocycles. The van der Waals surface area contributed by atoms with Gasteiger partial charge in [0.15, 0.2) is 0 Å². The molecule has 0 bridgehead atoms. The zero-order valence-corrected chi connectivity index (χ0v) is 13.5. The molecule has 0 aliphatic rings. The Morgan fingerprint density at radius 2 is 2.33 bits per heavy atom. The number of carboxylic acids is 1. The van der Waals surface area contributed by atoms with Gasteiger partial charge in [0.05, 0.1) is 0 Å². The summed E-state index contributed by atoms with van der Waals surface area (Å²) in [6.07, 6.45) is 2.09. The maximum atomic E-state index is 12.0. The van der Waals surface area contributed by atoms with Crippen molar-refractivity contribution in [1.29, 1.82) is 0 Å². The average Bonchev–Trinajstić information content (AvgIpc) is 2.71. The van der Waals surface area contributed by atoms with Gasteiger partial charge in [0, 0.05) is 4.47 Å². The van der Waals surface area contributed by atoms with Gasteiger partial charge in [-0.2, -0.15) is 16.5 Å². The van der Waals surface area contributed by atoms with Crippen LogP contribution in [0.4, 0.5) is 0 Å². The predicted octanol–water partition coefficient (Wildman–Crippen LogP) is 2.00. The maximum Gasteiger partial charge on any atom is 0.321 e. The van der Waals surface area contributed by atoms with Crippen molar-refractivity contribution < 1.29 is 18.3 Å². The minimum Gasteiger partial charge on any atom is -0.480 e. The third-order valence-corrected chi connectivity index (χ3v) is 6.82. The average molecular weight is 374 g/mol. The largest absolute Gasteiger partial charge is 0.480 e. The summed E-state index contributed by atoms with van der Waals surface area (Å²) in [5.41, 5.74) is 0. The van der Waals surface area contributed by atoms with Crippen LogP contribution in [-0.4, -0.2) is 37.5 Å². The minimum absolute atomic E-state index is 0.0953. The van der Waals surface area contributed by atoms with Gasteiger partial charge >= 0.3 is 5.97 Å². The Kier molecular flexibility index (Phi) is 6.12. The van der Waals surface area contributed by atoms with Gasteiger partial charge in [0.1, 0.15) is 10.3 Å². The lowest BCUT2D eigenvalue weighted by Crippen LogP contribution is -2.40. The third kappa shape index (κ3) is 4.23. The Hall–Kier alpha value is -0.0900. The van der Waals surface area contributed by atoms with Crippen LogP contribution in [0.2, 0.25) is 0 Å². The lowest BCUT2D eigenvalue weighted by molar-refractivity contribution is -0.139. The molecule has 0 aromatic carbocycles. The van der Waals surface area contributed by atoms with E-state index in [1.165, 1.54) is 11.8 Å². The van der Waals surface area contributed by atoms with Crippen LogP contribution in [-0.2, 0) is 14.8 Å². The standard InChI is InChI=1S/C9H12BrNO4S3/c1-16-4-3-7(8(12)13)11-18(14,15)9-6(10)2-5-17-9/h2,5,7,11H,3-4H2,1H3,(H,12,13)/t7-/m1/s1. The molecule has 1 aromatic rings. The van der Waals surface area contributed by atoms with Crippen LogP contribution in [0.5, 0.6) is 0 Å². The van der Waals surface area contributed by atoms with Crippen LogP contribution < -0.4 is 4.72 Å². The number of rotatable bonds is 7. The van der Waals surface area contributed by atoms with E-state index in [9.17, 15) is 13.2 Å². The number of sulfonamides is 1. The van der Waals surface area contributed by atoms with E-state index in [1.54, 1.807) is 11.4 Å². The highest BCUT2D eigenvalue weighted by Gasteiger charge is 2.27. The summed E-state index contributed by atoms with van der Waals surface area (Å²) < 4.78 is 26.7. The fraction of sp³-hybridized carbons (Fsp3) is 0.444. The van der Waals surface area contributed by atoms with E-state index in [0.29, 0.717) is 10.2 Å². The first kappa shape index (κ1) is 16.0. The van der Waals surface area contributed by atoms with Gasteiger partial charge in [-0.25, -0.2) is 8.42 Å². The van der Waals surface area contributed by atoms with Crippen molar-refractivity contribution in [1.82, 2.24) is 4.72 Å². The number of carboxylic acid groups (broad SMARTS) is 1. The zero-order chi connectivity index (χ0) is 13.8. The molecule has 9 heteroatoms. The summed E-state index contributed by atoms with van der Waals surface area (Å²) in [7, 11) is -3.79. The maximum absolute atomic E-state index is 12.0. The molecule has 0 aliphatic carbocycles. The van der Waals surface area contributed by atoms with Crippen molar-refractivity contribution in [2.45, 2.75) is 16.7 Å². The summed E-state index contributed by atoms with van der Waals surface area (Å²) in [6, 6.07) is 0.508. The van der Waals surface area contributed by atoms with Crippen LogP contribution in [0.15, 0.2) is 20.1 Å². The van der Waals surface area contributed by atoms with Crippen molar-refractivity contribution in [3.63, 3.8) is 0 Å². The number of thioether (sulfide) groups is 1. The van der Waals surface area contributed by atoms with Crippen molar-refractivity contribution in [3.05, 3.63) is 15.9 Å². The van der Waals surface area contributed by atoms with Gasteiger partial charge in [-0.1, -0.05) is 0 Å². The molecule has 102 valence electrons. The lowest BCUT2D eigenvalue weighted by Gasteiger charge is -2.13. The Balaban J connectivity index is 2.86. The Morgan fingerprint density at radius 3 is 2.78 bits per heavy atom. The molecule has 0 fully saturated rings. The van der Waals surface area contributed by atoms with Crippen LogP contribution >= 0.6 is 39.0 Å². The predicted molar refractivity (Wildman–Crippen MR) is 76.8 cm³/mol. The highest BCUT2D eigenvalue weighted by Crippen LogP contribution is 2.27. The Labute approximate surface area is 122 Å². The Morgan fingerprint density at radius 1 is 1.67 bits per heavy atom. The van der Waals surface area contributed by atoms with Crippen LogP contribution in [0.25, 0.3) is 0 Å². The van der Waals surface area contributed by atoms with Crippen molar-refractivity contribution in [3.8, 4) is 0 Å². The topological polar surface area (TPSA) is 83.5 Å². The quantitative estimate of drug-likeness (QED) is 0.763. The van der Waals surface area contributed by atoms with Gasteiger partial charge in [0.2, 0.25) is 0 Å². The summed E-state index contributed by atoms with van der Waals surface area (Å²) >= 11 is 5.63. The van der Waals surface area contributed by atoms with Gasteiger partial charge in [-0.15, -0.1) is 11.3 Å². The summed E-state index contributed by atoms with van der Waals surface area (Å²) in [6.45, 7) is 0. The monoisotopic (exact) mass is 373 g/mol. The highest BCUT2D eigenvalue weighted by molar-refractivity contribution is 9.10. The van der Waals surface area contributed by atoms with Gasteiger partial charge in [-0.05, 0) is 45.8 Å². The van der Waals surface area contributed by atoms with E-state index in [-0.39, 0.29) is 10.6 Å². The fourth-order valence-electron chi connectivity index (χ4n) is 1.18. The molecule has 0 aliphatic heterocycles. The normalized spacial score (nSPS) is 13.4. The van der Waals surface area contributed by atoms with Crippen molar-refractivity contribution >= 4 is 55.0 Å². The van der Waals surface area contributed by atoms with Gasteiger partial charge in [0.25, 0.3) is 10.0 Å². The van der Waals surface area contributed by atoms with E-state index in [0.717, 1.165) is 11.3 Å². The number of thiophene rings is 1. The summed E-state index contributed by atoms with van der Waals surface area (Å²) in [4.78, 5) is 11.0. The van der Waals surface area contributed by atoms with Crippen molar-refractivity contribution in [2.75, 3.05) is 12.0 Å². The molecule has 0 saturated carbocycles. The molecule has 1 rings (SSSR count). The van der Waals surface area contributed by atoms with Crippen LogP contribution in [0.1, 0.15) is 6.42 Å². The molecule has 0 unspecified atom stereocenters. The second-order valence-electron chi connectivity index (χ2n) is 3.35. The molecule has 1 atom stereocenters. The molecule has 0 amide bonds. The molecule has 2 N–H and O–H groups in total. The fourth-order valence-corrected chi connectivity index (χ4v) is 5.23. The van der Waals surface area contributed by atoms with Crippen LogP contribution in [0, 0.1) is 0 Å². The van der Waals surface area contributed by atoms with Gasteiger partial charge < -0.3 is 5.11 Å². The minimum atomic E-state index is -3.79. The SMILES string of the molecule is CSCC[C@@H](NS(=O)(=O)c1sccc1Br)C(=O)O. The van der Waals surface area contributed by atoms with Crippen molar-refractivity contribution in [2.24, 2.45) is 0 Å². The second-order valence-corrected chi connectivity index (χ2v) is 8.01. The first-order chi connectivity index (χ1) is 8.38. The molecule has 0 radical (unpaired) electrons. The van der Waals surface area contributed by atoms with E-state index in [4.69, 9.17) is 5.11 Å². The molecular weight excluding hydrogens is 362 g/mol. The number of hydrogen-bond donors (Lipinski definition) is 2. The first-order valence-electron chi connectivity index (χ1n) is 4.85. The molecule has 18 heavy (non-hydrogen) atoms. The van der Waals surface area contributed by atoms with E-state index >= 15 is 0 Å². The van der Waals surface area contributed by atoms with E-state index in [1.807, 2.05) is 6.26 Å². The first-order valence-corrected chi connectivity index (χ1v) is 9.40. The number of nitrogens with one attached hydrogen (secondary N) is 1. The van der Waals surface area contributed by atoms with E-state index < -0.39 is 22.0 Å². The number of hydrogen-bond acceptors (Lipinski definition) is 5. The number of aliphatic carboxylic acids is 1. The second kappa shape index (κ2) is 6.90. The molecule has 0 spiro atoms. The van der Waals surface area contributed by atoms with Gasteiger partial charge in [-0.3, -0.25) is 4.79 Å². The smallest absolute Gasteiger partial charge is 0.321 e. The zero-order valence-electron chi connectivity index (χ0n) is 9.42. The van der Waals surface area contributed by atoms with E-state index in [2.05, 4.69) is 20.7 Å². The molecule has 1 heterocycles. The highest BCUT2D eigenvalue weighted by atomic mass is 79.9. The van der Waals surface area contributed by atoms with Crippen LogP contribution in [0.3, 0.4) is 0 Å². The number of halogens is 1. The molecule has 5 nitrogen and oxygen atoms in total.